The van der Waals surface area contributed by atoms with Gasteiger partial charge in [-0.25, -0.2) is 0 Å². The first-order chi connectivity index (χ1) is 7.11. The highest BCUT2D eigenvalue weighted by Crippen LogP contribution is 2.02. The Hall–Kier alpha value is -1.14. The topological polar surface area (TPSA) is 51.1 Å². The first kappa shape index (κ1) is 11.9. The van der Waals surface area contributed by atoms with Crippen LogP contribution < -0.4 is 10.6 Å². The summed E-state index contributed by atoms with van der Waals surface area (Å²) in [5, 5.41) is 10.7. The fourth-order valence-corrected chi connectivity index (χ4v) is 1.49. The molecule has 2 N–H and O–H groups in total. The summed E-state index contributed by atoms with van der Waals surface area (Å²) in [6.45, 7) is 2.62. The van der Waals surface area contributed by atoms with E-state index in [4.69, 9.17) is 17.0 Å². The lowest BCUT2D eigenvalue weighted by atomic mass is 10.4. The molecule has 1 atom stereocenters. The molecule has 1 heterocycles. The van der Waals surface area contributed by atoms with Crippen LogP contribution in [0.2, 0.25) is 0 Å². The SMILES string of the molecule is COCC(C)NC(=S)Nc1cnn(C)c1. The third-order valence-corrected chi connectivity index (χ3v) is 1.98. The zero-order valence-electron chi connectivity index (χ0n) is 9.15. The molecule has 1 aromatic rings. The average Bonchev–Trinajstić information content (AvgIpc) is 2.51. The van der Waals surface area contributed by atoms with E-state index in [1.54, 1.807) is 18.0 Å². The Morgan fingerprint density at radius 1 is 1.73 bits per heavy atom. The number of aromatic nitrogens is 2. The minimum atomic E-state index is 0.187. The predicted octanol–water partition coefficient (Wildman–Crippen LogP) is 0.741. The fraction of sp³-hybridized carbons (Fsp3) is 0.556. The zero-order chi connectivity index (χ0) is 11.3. The maximum atomic E-state index is 5.12. The molecule has 0 bridgehead atoms. The molecule has 1 rings (SSSR count). The van der Waals surface area contributed by atoms with Crippen LogP contribution in [0.4, 0.5) is 5.69 Å². The van der Waals surface area contributed by atoms with Gasteiger partial charge in [-0.05, 0) is 19.1 Å². The van der Waals surface area contributed by atoms with Crippen LogP contribution in [-0.2, 0) is 11.8 Å². The molecule has 84 valence electrons. The van der Waals surface area contributed by atoms with Crippen molar-refractivity contribution in [2.75, 3.05) is 19.0 Å². The van der Waals surface area contributed by atoms with Crippen molar-refractivity contribution >= 4 is 23.0 Å². The van der Waals surface area contributed by atoms with Gasteiger partial charge in [0.1, 0.15) is 0 Å². The van der Waals surface area contributed by atoms with Crippen LogP contribution in [0.15, 0.2) is 12.4 Å². The van der Waals surface area contributed by atoms with Crippen molar-refractivity contribution in [1.82, 2.24) is 15.1 Å². The molecule has 0 amide bonds. The third kappa shape index (κ3) is 4.26. The Kier molecular flexibility index (Phi) is 4.51. The zero-order valence-corrected chi connectivity index (χ0v) is 9.97. The van der Waals surface area contributed by atoms with Gasteiger partial charge in [-0.2, -0.15) is 5.10 Å². The highest BCUT2D eigenvalue weighted by molar-refractivity contribution is 7.80. The van der Waals surface area contributed by atoms with Crippen molar-refractivity contribution in [1.29, 1.82) is 0 Å². The van der Waals surface area contributed by atoms with Crippen molar-refractivity contribution in [3.63, 3.8) is 0 Å². The lowest BCUT2D eigenvalue weighted by molar-refractivity contribution is 0.179. The summed E-state index contributed by atoms with van der Waals surface area (Å²) in [6, 6.07) is 0.187. The van der Waals surface area contributed by atoms with Crippen LogP contribution in [0, 0.1) is 0 Å². The van der Waals surface area contributed by atoms with Gasteiger partial charge < -0.3 is 15.4 Å². The number of aryl methyl sites for hydroxylation is 1. The van der Waals surface area contributed by atoms with Gasteiger partial charge in [0.25, 0.3) is 0 Å². The molecule has 0 aliphatic carbocycles. The lowest BCUT2D eigenvalue weighted by Gasteiger charge is -2.15. The molecule has 0 spiro atoms. The maximum Gasteiger partial charge on any atom is 0.171 e. The Balaban J connectivity index is 2.36. The summed E-state index contributed by atoms with van der Waals surface area (Å²) in [5.41, 5.74) is 0.875. The monoisotopic (exact) mass is 228 g/mol. The van der Waals surface area contributed by atoms with E-state index in [1.165, 1.54) is 0 Å². The Morgan fingerprint density at radius 3 is 3.00 bits per heavy atom. The van der Waals surface area contributed by atoms with E-state index in [9.17, 15) is 0 Å². The van der Waals surface area contributed by atoms with E-state index in [2.05, 4.69) is 15.7 Å². The smallest absolute Gasteiger partial charge is 0.171 e. The highest BCUT2D eigenvalue weighted by atomic mass is 32.1. The molecule has 1 unspecified atom stereocenters. The van der Waals surface area contributed by atoms with Gasteiger partial charge in [0.15, 0.2) is 5.11 Å². The Morgan fingerprint density at radius 2 is 2.47 bits per heavy atom. The molecule has 0 aromatic carbocycles. The summed E-state index contributed by atoms with van der Waals surface area (Å²) < 4.78 is 6.70. The molecular weight excluding hydrogens is 212 g/mol. The van der Waals surface area contributed by atoms with Crippen molar-refractivity contribution < 1.29 is 4.74 Å². The van der Waals surface area contributed by atoms with E-state index in [0.717, 1.165) is 5.69 Å². The van der Waals surface area contributed by atoms with Gasteiger partial charge in [0, 0.05) is 26.4 Å². The van der Waals surface area contributed by atoms with E-state index in [-0.39, 0.29) is 6.04 Å². The van der Waals surface area contributed by atoms with Crippen molar-refractivity contribution in [2.24, 2.45) is 7.05 Å². The molecule has 1 aromatic heterocycles. The number of hydrogen-bond donors (Lipinski definition) is 2. The standard InChI is InChI=1S/C9H16N4OS/c1-7(6-14-3)11-9(15)12-8-4-10-13(2)5-8/h4-5,7H,6H2,1-3H3,(H2,11,12,15). The number of rotatable bonds is 4. The molecule has 0 aliphatic heterocycles. The minimum Gasteiger partial charge on any atom is -0.383 e. The molecule has 15 heavy (non-hydrogen) atoms. The number of anilines is 1. The van der Waals surface area contributed by atoms with Crippen molar-refractivity contribution in [3.05, 3.63) is 12.4 Å². The maximum absolute atomic E-state index is 5.12. The van der Waals surface area contributed by atoms with Crippen molar-refractivity contribution in [2.45, 2.75) is 13.0 Å². The van der Waals surface area contributed by atoms with E-state index < -0.39 is 0 Å². The predicted molar refractivity (Wildman–Crippen MR) is 63.9 cm³/mol. The number of nitrogens with one attached hydrogen (secondary N) is 2. The van der Waals surface area contributed by atoms with Gasteiger partial charge in [-0.15, -0.1) is 0 Å². The van der Waals surface area contributed by atoms with Gasteiger partial charge in [0.2, 0.25) is 0 Å². The lowest BCUT2D eigenvalue weighted by Crippen LogP contribution is -2.38. The largest absolute Gasteiger partial charge is 0.383 e. The van der Waals surface area contributed by atoms with Crippen molar-refractivity contribution in [3.8, 4) is 0 Å². The van der Waals surface area contributed by atoms with Gasteiger partial charge >= 0.3 is 0 Å². The average molecular weight is 228 g/mol. The molecule has 0 aliphatic rings. The second-order valence-electron chi connectivity index (χ2n) is 3.36. The van der Waals surface area contributed by atoms with Crippen LogP contribution >= 0.6 is 12.2 Å². The van der Waals surface area contributed by atoms with E-state index in [0.29, 0.717) is 11.7 Å². The number of nitrogens with zero attached hydrogens (tertiary/aromatic N) is 2. The van der Waals surface area contributed by atoms with Crippen LogP contribution in [0.5, 0.6) is 0 Å². The fourth-order valence-electron chi connectivity index (χ4n) is 1.17. The second-order valence-corrected chi connectivity index (χ2v) is 3.77. The first-order valence-corrected chi connectivity index (χ1v) is 5.07. The molecule has 0 saturated carbocycles. The summed E-state index contributed by atoms with van der Waals surface area (Å²) in [6.07, 6.45) is 3.57. The quantitative estimate of drug-likeness (QED) is 0.745. The van der Waals surface area contributed by atoms with E-state index >= 15 is 0 Å². The Labute approximate surface area is 94.8 Å². The summed E-state index contributed by atoms with van der Waals surface area (Å²) in [4.78, 5) is 0. The van der Waals surface area contributed by atoms with Crippen LogP contribution in [0.1, 0.15) is 6.92 Å². The summed E-state index contributed by atoms with van der Waals surface area (Å²) in [5.74, 6) is 0. The number of hydrogen-bond acceptors (Lipinski definition) is 3. The minimum absolute atomic E-state index is 0.187. The van der Waals surface area contributed by atoms with Crippen LogP contribution in [-0.4, -0.2) is 34.7 Å². The summed E-state index contributed by atoms with van der Waals surface area (Å²) in [7, 11) is 3.52. The second kappa shape index (κ2) is 5.67. The Bertz CT molecular complexity index is 326. The first-order valence-electron chi connectivity index (χ1n) is 4.67. The number of methoxy groups -OCH3 is 1. The molecule has 5 nitrogen and oxygen atoms in total. The van der Waals surface area contributed by atoms with Gasteiger partial charge in [-0.1, -0.05) is 0 Å². The van der Waals surface area contributed by atoms with Crippen LogP contribution in [0.3, 0.4) is 0 Å². The number of thiocarbonyl (C=S) groups is 1. The molecular formula is C9H16N4OS. The van der Waals surface area contributed by atoms with Crippen LogP contribution in [0.25, 0.3) is 0 Å². The molecule has 6 heteroatoms. The summed E-state index contributed by atoms with van der Waals surface area (Å²) >= 11 is 5.12. The normalized spacial score (nSPS) is 12.2. The molecule has 0 radical (unpaired) electrons. The number of ether oxygens (including phenoxy) is 1. The van der Waals surface area contributed by atoms with Gasteiger partial charge in [-0.3, -0.25) is 4.68 Å². The third-order valence-electron chi connectivity index (χ3n) is 1.76. The van der Waals surface area contributed by atoms with Gasteiger partial charge in [0.05, 0.1) is 18.5 Å². The highest BCUT2D eigenvalue weighted by Gasteiger charge is 2.04. The molecule has 0 fully saturated rings. The van der Waals surface area contributed by atoms with E-state index in [1.807, 2.05) is 20.2 Å². The molecule has 0 saturated heterocycles.